The van der Waals surface area contributed by atoms with Gasteiger partial charge in [0.2, 0.25) is 0 Å². The smallest absolute Gasteiger partial charge is 0.278 e. The van der Waals surface area contributed by atoms with Crippen molar-refractivity contribution in [2.45, 2.75) is 19.3 Å². The molecule has 3 heterocycles. The highest BCUT2D eigenvalue weighted by Gasteiger charge is 2.27. The number of amides is 1. The molecule has 1 saturated heterocycles. The second-order valence-corrected chi connectivity index (χ2v) is 6.76. The molecule has 1 aromatic carbocycles. The molecule has 1 amide bonds. The molecule has 4 rings (SSSR count). The van der Waals surface area contributed by atoms with Gasteiger partial charge in [-0.3, -0.25) is 4.79 Å². The van der Waals surface area contributed by atoms with Crippen LogP contribution in [-0.2, 0) is 6.42 Å². The molecule has 0 spiro atoms. The Morgan fingerprint density at radius 2 is 2.15 bits per heavy atom. The average Bonchev–Trinajstić information content (AvgIpc) is 3.31. The number of imidazole rings is 1. The summed E-state index contributed by atoms with van der Waals surface area (Å²) in [5.74, 6) is 0.514. The van der Waals surface area contributed by atoms with Crippen LogP contribution in [0.15, 0.2) is 42.9 Å². The zero-order chi connectivity index (χ0) is 18.8. The van der Waals surface area contributed by atoms with Gasteiger partial charge in [0.25, 0.3) is 5.91 Å². The molecule has 0 saturated carbocycles. The number of carbonyl (C=O) groups is 1. The number of piperidine rings is 1. The third kappa shape index (κ3) is 3.69. The number of likely N-dealkylation sites (tertiary alicyclic amines) is 1. The largest absolute Gasteiger partial charge is 0.504 e. The number of benzene rings is 1. The molecule has 1 aliphatic rings. The van der Waals surface area contributed by atoms with Crippen LogP contribution in [0.3, 0.4) is 0 Å². The van der Waals surface area contributed by atoms with Crippen molar-refractivity contribution in [2.24, 2.45) is 5.92 Å². The van der Waals surface area contributed by atoms with Gasteiger partial charge in [-0.25, -0.2) is 14.1 Å². The molecule has 8 heteroatoms. The number of aromatic amines is 1. The van der Waals surface area contributed by atoms with Gasteiger partial charge in [-0.1, -0.05) is 6.07 Å². The van der Waals surface area contributed by atoms with E-state index in [0.29, 0.717) is 24.7 Å². The first-order valence-electron chi connectivity index (χ1n) is 8.92. The van der Waals surface area contributed by atoms with Crippen molar-refractivity contribution < 1.29 is 14.3 Å². The van der Waals surface area contributed by atoms with E-state index in [1.165, 1.54) is 23.0 Å². The average molecular weight is 369 g/mol. The summed E-state index contributed by atoms with van der Waals surface area (Å²) in [7, 11) is 0. The van der Waals surface area contributed by atoms with Crippen LogP contribution in [0.25, 0.3) is 5.69 Å². The van der Waals surface area contributed by atoms with Crippen LogP contribution in [0.1, 0.15) is 29.2 Å². The van der Waals surface area contributed by atoms with Crippen molar-refractivity contribution in [3.05, 3.63) is 60.2 Å². The van der Waals surface area contributed by atoms with Gasteiger partial charge >= 0.3 is 0 Å². The predicted octanol–water partition coefficient (Wildman–Crippen LogP) is 2.54. The van der Waals surface area contributed by atoms with E-state index in [9.17, 15) is 14.3 Å². The highest BCUT2D eigenvalue weighted by molar-refractivity contribution is 5.94. The minimum atomic E-state index is -0.408. The minimum Gasteiger partial charge on any atom is -0.504 e. The van der Waals surface area contributed by atoms with Crippen LogP contribution < -0.4 is 0 Å². The highest BCUT2D eigenvalue weighted by atomic mass is 19.1. The summed E-state index contributed by atoms with van der Waals surface area (Å²) >= 11 is 0. The lowest BCUT2D eigenvalue weighted by Crippen LogP contribution is -2.39. The molecule has 7 nitrogen and oxygen atoms in total. The van der Waals surface area contributed by atoms with E-state index in [0.717, 1.165) is 25.1 Å². The number of hydrogen-bond donors (Lipinski definition) is 2. The summed E-state index contributed by atoms with van der Waals surface area (Å²) < 4.78 is 14.7. The van der Waals surface area contributed by atoms with Gasteiger partial charge in [0, 0.05) is 31.9 Å². The molecule has 2 N–H and O–H groups in total. The van der Waals surface area contributed by atoms with Crippen LogP contribution in [0.2, 0.25) is 0 Å². The first kappa shape index (κ1) is 17.3. The van der Waals surface area contributed by atoms with Gasteiger partial charge in [0.1, 0.15) is 11.6 Å². The Morgan fingerprint density at radius 3 is 2.85 bits per heavy atom. The Hall–Kier alpha value is -3.16. The number of hydrogen-bond acceptors (Lipinski definition) is 4. The number of H-pyrrole nitrogens is 1. The minimum absolute atomic E-state index is 0.0104. The molecular weight excluding hydrogens is 349 g/mol. The van der Waals surface area contributed by atoms with Crippen LogP contribution in [0.5, 0.6) is 5.75 Å². The number of rotatable bonds is 4. The van der Waals surface area contributed by atoms with E-state index in [1.807, 2.05) is 6.20 Å². The van der Waals surface area contributed by atoms with E-state index in [1.54, 1.807) is 23.2 Å². The molecule has 27 heavy (non-hydrogen) atoms. The maximum atomic E-state index is 13.4. The fraction of sp³-hybridized carbons (Fsp3) is 0.316. The normalized spacial score (nSPS) is 15.2. The van der Waals surface area contributed by atoms with Gasteiger partial charge < -0.3 is 15.0 Å². The van der Waals surface area contributed by atoms with E-state index >= 15 is 0 Å². The molecule has 3 aromatic rings. The van der Waals surface area contributed by atoms with Gasteiger partial charge in [0.15, 0.2) is 11.4 Å². The molecule has 0 bridgehead atoms. The fourth-order valence-electron chi connectivity index (χ4n) is 3.44. The number of halogens is 1. The lowest BCUT2D eigenvalue weighted by Gasteiger charge is -2.31. The number of nitrogens with one attached hydrogen (secondary N) is 1. The predicted molar refractivity (Wildman–Crippen MR) is 96.1 cm³/mol. The summed E-state index contributed by atoms with van der Waals surface area (Å²) in [5.41, 5.74) is 0.435. The molecule has 0 unspecified atom stereocenters. The molecule has 0 radical (unpaired) electrons. The SMILES string of the molecule is O=C(c1nn(-c2cccc(F)c2)cc1O)N1CCC(Cc2ncc[nH]2)CC1. The lowest BCUT2D eigenvalue weighted by molar-refractivity contribution is 0.0680. The molecule has 0 atom stereocenters. The van der Waals surface area contributed by atoms with Gasteiger partial charge in [0.05, 0.1) is 11.9 Å². The quantitative estimate of drug-likeness (QED) is 0.740. The number of aromatic nitrogens is 4. The molecule has 0 aliphatic carbocycles. The maximum Gasteiger partial charge on any atom is 0.278 e. The molecular formula is C19H20FN5O2. The Kier molecular flexibility index (Phi) is 4.62. The Morgan fingerprint density at radius 1 is 1.33 bits per heavy atom. The summed E-state index contributed by atoms with van der Waals surface area (Å²) in [5, 5.41) is 14.3. The number of nitrogens with zero attached hydrogens (tertiary/aromatic N) is 4. The van der Waals surface area contributed by atoms with Crippen LogP contribution in [0.4, 0.5) is 4.39 Å². The highest BCUT2D eigenvalue weighted by Crippen LogP contribution is 2.25. The Labute approximate surface area is 155 Å². The van der Waals surface area contributed by atoms with Gasteiger partial charge in [-0.2, -0.15) is 5.10 Å². The third-order valence-electron chi connectivity index (χ3n) is 4.91. The summed E-state index contributed by atoms with van der Waals surface area (Å²) in [6, 6.07) is 5.82. The second-order valence-electron chi connectivity index (χ2n) is 6.76. The van der Waals surface area contributed by atoms with Crippen molar-refractivity contribution in [1.82, 2.24) is 24.6 Å². The molecule has 1 fully saturated rings. The van der Waals surface area contributed by atoms with Crippen LogP contribution in [-0.4, -0.2) is 48.8 Å². The third-order valence-corrected chi connectivity index (χ3v) is 4.91. The number of carbonyl (C=O) groups excluding carboxylic acids is 1. The summed E-state index contributed by atoms with van der Waals surface area (Å²) in [6.45, 7) is 1.22. The molecule has 1 aliphatic heterocycles. The van der Waals surface area contributed by atoms with Crippen molar-refractivity contribution in [2.75, 3.05) is 13.1 Å². The van der Waals surface area contributed by atoms with Crippen molar-refractivity contribution >= 4 is 5.91 Å². The fourth-order valence-corrected chi connectivity index (χ4v) is 3.44. The zero-order valence-electron chi connectivity index (χ0n) is 14.7. The van der Waals surface area contributed by atoms with Gasteiger partial charge in [-0.15, -0.1) is 0 Å². The second kappa shape index (κ2) is 7.22. The zero-order valence-corrected chi connectivity index (χ0v) is 14.7. The first-order valence-corrected chi connectivity index (χ1v) is 8.92. The van der Waals surface area contributed by atoms with Crippen LogP contribution in [0, 0.1) is 11.7 Å². The van der Waals surface area contributed by atoms with E-state index in [-0.39, 0.29) is 17.4 Å². The number of aromatic hydroxyl groups is 1. The van der Waals surface area contributed by atoms with E-state index < -0.39 is 5.82 Å². The Balaban J connectivity index is 1.43. The maximum absolute atomic E-state index is 13.4. The van der Waals surface area contributed by atoms with Crippen molar-refractivity contribution in [1.29, 1.82) is 0 Å². The monoisotopic (exact) mass is 369 g/mol. The summed E-state index contributed by atoms with van der Waals surface area (Å²) in [4.78, 5) is 21.8. The first-order chi connectivity index (χ1) is 13.1. The molecule has 140 valence electrons. The van der Waals surface area contributed by atoms with Crippen molar-refractivity contribution in [3.8, 4) is 11.4 Å². The van der Waals surface area contributed by atoms with Crippen LogP contribution >= 0.6 is 0 Å². The van der Waals surface area contributed by atoms with E-state index in [2.05, 4.69) is 15.1 Å². The van der Waals surface area contributed by atoms with E-state index in [4.69, 9.17) is 0 Å². The standard InChI is InChI=1S/C19H20FN5O2/c20-14-2-1-3-15(11-14)25-12-16(26)18(23-25)19(27)24-8-4-13(5-9-24)10-17-21-6-7-22-17/h1-3,6-7,11-13,26H,4-5,8-10H2,(H,21,22). The topological polar surface area (TPSA) is 87.0 Å². The summed E-state index contributed by atoms with van der Waals surface area (Å²) in [6.07, 6.45) is 7.49. The Bertz CT molecular complexity index is 929. The van der Waals surface area contributed by atoms with Crippen molar-refractivity contribution in [3.63, 3.8) is 0 Å². The molecule has 2 aromatic heterocycles. The van der Waals surface area contributed by atoms with Gasteiger partial charge in [-0.05, 0) is 37.0 Å². The lowest BCUT2D eigenvalue weighted by atomic mass is 9.93.